The molecule has 2 nitrogen and oxygen atoms in total. The van der Waals surface area contributed by atoms with Gasteiger partial charge < -0.3 is 4.74 Å². The minimum atomic E-state index is -0.236. The molecule has 1 heterocycles. The van der Waals surface area contributed by atoms with Gasteiger partial charge in [-0.15, -0.1) is 0 Å². The SMILES string of the molecule is COc1cc2c(cc1-c1cc3cnccc3cc1F)C(C)(C)CCC2(C)C. The minimum absolute atomic E-state index is 0.0563. The van der Waals surface area contributed by atoms with Crippen molar-refractivity contribution in [3.05, 3.63) is 59.7 Å². The Balaban J connectivity index is 2.01. The number of hydrogen-bond donors (Lipinski definition) is 0. The smallest absolute Gasteiger partial charge is 0.131 e. The first-order valence-electron chi connectivity index (χ1n) is 9.49. The molecule has 0 amide bonds. The Hall–Kier alpha value is -2.42. The monoisotopic (exact) mass is 363 g/mol. The fraction of sp³-hybridized carbons (Fsp3) is 0.375. The topological polar surface area (TPSA) is 22.1 Å². The molecule has 0 atom stereocenters. The molecule has 27 heavy (non-hydrogen) atoms. The third kappa shape index (κ3) is 2.90. The van der Waals surface area contributed by atoms with Crippen molar-refractivity contribution in [2.45, 2.75) is 51.4 Å². The molecule has 0 aliphatic heterocycles. The van der Waals surface area contributed by atoms with Gasteiger partial charge in [0.25, 0.3) is 0 Å². The number of nitrogens with zero attached hydrogens (tertiary/aromatic N) is 1. The van der Waals surface area contributed by atoms with Gasteiger partial charge in [-0.25, -0.2) is 4.39 Å². The van der Waals surface area contributed by atoms with E-state index in [2.05, 4.69) is 44.8 Å². The van der Waals surface area contributed by atoms with Crippen LogP contribution in [0.15, 0.2) is 42.7 Å². The molecular weight excluding hydrogens is 337 g/mol. The van der Waals surface area contributed by atoms with Gasteiger partial charge in [-0.3, -0.25) is 4.98 Å². The fourth-order valence-electron chi connectivity index (χ4n) is 4.29. The van der Waals surface area contributed by atoms with Crippen LogP contribution in [0.1, 0.15) is 51.7 Å². The van der Waals surface area contributed by atoms with Crippen LogP contribution in [0.25, 0.3) is 21.9 Å². The van der Waals surface area contributed by atoms with Crippen molar-refractivity contribution in [3.63, 3.8) is 0 Å². The highest BCUT2D eigenvalue weighted by molar-refractivity contribution is 5.88. The van der Waals surface area contributed by atoms with E-state index in [9.17, 15) is 0 Å². The summed E-state index contributed by atoms with van der Waals surface area (Å²) in [6, 6.07) is 9.56. The van der Waals surface area contributed by atoms with E-state index in [-0.39, 0.29) is 16.6 Å². The molecule has 4 rings (SSSR count). The second-order valence-corrected chi connectivity index (χ2v) is 8.92. The molecule has 0 saturated carbocycles. The summed E-state index contributed by atoms with van der Waals surface area (Å²) in [5.41, 5.74) is 4.12. The Morgan fingerprint density at radius 1 is 0.889 bits per heavy atom. The normalized spacial score (nSPS) is 17.6. The molecule has 1 aliphatic rings. The minimum Gasteiger partial charge on any atom is -0.496 e. The molecule has 0 spiro atoms. The summed E-state index contributed by atoms with van der Waals surface area (Å²) in [6.45, 7) is 9.11. The van der Waals surface area contributed by atoms with Crippen molar-refractivity contribution in [3.8, 4) is 16.9 Å². The molecule has 0 N–H and O–H groups in total. The molecule has 3 heteroatoms. The van der Waals surface area contributed by atoms with Gasteiger partial charge in [0.2, 0.25) is 0 Å². The summed E-state index contributed by atoms with van der Waals surface area (Å²) in [6.07, 6.45) is 5.70. The lowest BCUT2D eigenvalue weighted by Gasteiger charge is -2.42. The molecule has 2 aromatic carbocycles. The number of aromatic nitrogens is 1. The number of halogens is 1. The Bertz CT molecular complexity index is 1040. The van der Waals surface area contributed by atoms with Crippen molar-refractivity contribution in [1.82, 2.24) is 4.98 Å². The van der Waals surface area contributed by atoms with E-state index in [1.54, 1.807) is 25.6 Å². The molecular formula is C24H26FNO. The van der Waals surface area contributed by atoms with Gasteiger partial charge in [0.15, 0.2) is 0 Å². The zero-order valence-corrected chi connectivity index (χ0v) is 16.7. The maximum Gasteiger partial charge on any atom is 0.131 e. The Labute approximate surface area is 160 Å². The predicted molar refractivity (Wildman–Crippen MR) is 109 cm³/mol. The molecule has 0 fully saturated rings. The lowest BCUT2D eigenvalue weighted by atomic mass is 9.62. The maximum atomic E-state index is 15.0. The highest BCUT2D eigenvalue weighted by Gasteiger charge is 2.38. The lowest BCUT2D eigenvalue weighted by molar-refractivity contribution is 0.329. The molecule has 1 aliphatic carbocycles. The zero-order valence-electron chi connectivity index (χ0n) is 16.7. The van der Waals surface area contributed by atoms with Crippen molar-refractivity contribution >= 4 is 10.8 Å². The van der Waals surface area contributed by atoms with Crippen LogP contribution in [0.2, 0.25) is 0 Å². The van der Waals surface area contributed by atoms with Gasteiger partial charge in [-0.2, -0.15) is 0 Å². The average molecular weight is 363 g/mol. The number of methoxy groups -OCH3 is 1. The van der Waals surface area contributed by atoms with E-state index in [0.29, 0.717) is 5.56 Å². The van der Waals surface area contributed by atoms with Crippen molar-refractivity contribution < 1.29 is 9.13 Å². The van der Waals surface area contributed by atoms with Crippen LogP contribution >= 0.6 is 0 Å². The third-order valence-electron chi connectivity index (χ3n) is 6.19. The Kier molecular flexibility index (Phi) is 4.03. The van der Waals surface area contributed by atoms with Crippen LogP contribution in [0.5, 0.6) is 5.75 Å². The van der Waals surface area contributed by atoms with Crippen LogP contribution in [0.4, 0.5) is 4.39 Å². The Morgan fingerprint density at radius 2 is 1.56 bits per heavy atom. The maximum absolute atomic E-state index is 15.0. The molecule has 0 bridgehead atoms. The molecule has 0 saturated heterocycles. The van der Waals surface area contributed by atoms with E-state index < -0.39 is 0 Å². The quantitative estimate of drug-likeness (QED) is 0.526. The van der Waals surface area contributed by atoms with Crippen molar-refractivity contribution in [1.29, 1.82) is 0 Å². The van der Waals surface area contributed by atoms with Gasteiger partial charge in [0, 0.05) is 28.9 Å². The van der Waals surface area contributed by atoms with Crippen LogP contribution < -0.4 is 4.74 Å². The van der Waals surface area contributed by atoms with Gasteiger partial charge in [-0.05, 0) is 70.5 Å². The molecule has 0 unspecified atom stereocenters. The zero-order chi connectivity index (χ0) is 19.4. The van der Waals surface area contributed by atoms with E-state index in [0.717, 1.165) is 34.9 Å². The lowest BCUT2D eigenvalue weighted by Crippen LogP contribution is -2.33. The largest absolute Gasteiger partial charge is 0.496 e. The second-order valence-electron chi connectivity index (χ2n) is 8.92. The number of fused-ring (bicyclic) bond motifs is 2. The van der Waals surface area contributed by atoms with Gasteiger partial charge in [-0.1, -0.05) is 27.7 Å². The number of ether oxygens (including phenoxy) is 1. The first-order valence-corrected chi connectivity index (χ1v) is 9.49. The number of hydrogen-bond acceptors (Lipinski definition) is 2. The van der Waals surface area contributed by atoms with Crippen LogP contribution in [0, 0.1) is 5.82 Å². The van der Waals surface area contributed by atoms with Crippen LogP contribution in [-0.2, 0) is 10.8 Å². The Morgan fingerprint density at radius 3 is 2.22 bits per heavy atom. The van der Waals surface area contributed by atoms with Gasteiger partial charge in [0.1, 0.15) is 11.6 Å². The second kappa shape index (κ2) is 6.05. The van der Waals surface area contributed by atoms with Crippen molar-refractivity contribution in [2.75, 3.05) is 7.11 Å². The first-order chi connectivity index (χ1) is 12.7. The first kappa shape index (κ1) is 18.0. The summed E-state index contributed by atoms with van der Waals surface area (Å²) in [5, 5.41) is 1.78. The van der Waals surface area contributed by atoms with Gasteiger partial charge in [0.05, 0.1) is 7.11 Å². The van der Waals surface area contributed by atoms with E-state index in [1.807, 2.05) is 12.1 Å². The average Bonchev–Trinajstić information content (AvgIpc) is 2.64. The molecule has 0 radical (unpaired) electrons. The van der Waals surface area contributed by atoms with Gasteiger partial charge >= 0.3 is 0 Å². The fourth-order valence-corrected chi connectivity index (χ4v) is 4.29. The van der Waals surface area contributed by atoms with E-state index in [4.69, 9.17) is 4.74 Å². The summed E-state index contributed by atoms with van der Waals surface area (Å²) in [4.78, 5) is 4.18. The molecule has 3 aromatic rings. The van der Waals surface area contributed by atoms with Crippen LogP contribution in [-0.4, -0.2) is 12.1 Å². The highest BCUT2D eigenvalue weighted by Crippen LogP contribution is 2.49. The summed E-state index contributed by atoms with van der Waals surface area (Å²) >= 11 is 0. The van der Waals surface area contributed by atoms with Crippen molar-refractivity contribution in [2.24, 2.45) is 0 Å². The summed E-state index contributed by atoms with van der Waals surface area (Å²) < 4.78 is 20.7. The number of pyridine rings is 1. The standard InChI is InChI=1S/C24H26FNO/c1-23(2)7-8-24(3,4)20-13-22(27-5)18(12-19(20)23)17-10-16-14-26-9-6-15(16)11-21(17)25/h6,9-14H,7-8H2,1-5H3. The predicted octanol–water partition coefficient (Wildman–Crippen LogP) is 6.40. The van der Waals surface area contributed by atoms with Crippen LogP contribution in [0.3, 0.4) is 0 Å². The number of rotatable bonds is 2. The van der Waals surface area contributed by atoms with E-state index >= 15 is 4.39 Å². The molecule has 1 aromatic heterocycles. The van der Waals surface area contributed by atoms with E-state index in [1.165, 1.54) is 11.1 Å². The number of benzene rings is 2. The highest BCUT2D eigenvalue weighted by atomic mass is 19.1. The summed E-state index contributed by atoms with van der Waals surface area (Å²) in [7, 11) is 1.66. The third-order valence-corrected chi connectivity index (χ3v) is 6.19. The summed E-state index contributed by atoms with van der Waals surface area (Å²) in [5.74, 6) is 0.487. The molecule has 140 valence electrons.